The highest BCUT2D eigenvalue weighted by molar-refractivity contribution is 5.64. The maximum Gasteiger partial charge on any atom is 0.128 e. The maximum atomic E-state index is 8.61. The minimum absolute atomic E-state index is 0.248. The predicted molar refractivity (Wildman–Crippen MR) is 67.7 cm³/mol. The first kappa shape index (κ1) is 12.1. The van der Waals surface area contributed by atoms with Gasteiger partial charge in [-0.25, -0.2) is 0 Å². The van der Waals surface area contributed by atoms with Gasteiger partial charge >= 0.3 is 0 Å². The Kier molecular flexibility index (Phi) is 3.60. The van der Waals surface area contributed by atoms with E-state index in [1.807, 2.05) is 30.5 Å². The molecule has 0 aliphatic heterocycles. The van der Waals surface area contributed by atoms with Crippen LogP contribution >= 0.6 is 0 Å². The molecule has 0 aliphatic carbocycles. The van der Waals surface area contributed by atoms with Gasteiger partial charge in [0.1, 0.15) is 12.3 Å². The highest BCUT2D eigenvalue weighted by Gasteiger charge is 2.06. The number of hydrogen-bond donors (Lipinski definition) is 1. The van der Waals surface area contributed by atoms with Gasteiger partial charge in [0, 0.05) is 23.9 Å². The molecule has 2 N–H and O–H groups in total. The number of aromatic nitrogens is 2. The molecular weight excluding hydrogens is 228 g/mol. The van der Waals surface area contributed by atoms with E-state index in [9.17, 15) is 0 Å². The number of ether oxygens (including phenoxy) is 1. The van der Waals surface area contributed by atoms with Gasteiger partial charge in [-0.3, -0.25) is 4.68 Å². The van der Waals surface area contributed by atoms with E-state index >= 15 is 0 Å². The van der Waals surface area contributed by atoms with Crippen molar-refractivity contribution in [2.45, 2.75) is 13.1 Å². The Morgan fingerprint density at radius 1 is 1.44 bits per heavy atom. The van der Waals surface area contributed by atoms with Gasteiger partial charge in [0.25, 0.3) is 0 Å². The predicted octanol–water partition coefficient (Wildman–Crippen LogP) is 1.54. The largest absolute Gasteiger partial charge is 0.496 e. The van der Waals surface area contributed by atoms with Crippen LogP contribution in [-0.2, 0) is 13.1 Å². The molecule has 1 aromatic carbocycles. The van der Waals surface area contributed by atoms with Gasteiger partial charge in [0.2, 0.25) is 0 Å². The summed E-state index contributed by atoms with van der Waals surface area (Å²) in [5.41, 5.74) is 8.53. The zero-order valence-corrected chi connectivity index (χ0v) is 10.1. The van der Waals surface area contributed by atoms with E-state index in [-0.39, 0.29) is 6.54 Å². The Labute approximate surface area is 105 Å². The van der Waals surface area contributed by atoms with Crippen molar-refractivity contribution in [3.05, 3.63) is 36.2 Å². The summed E-state index contributed by atoms with van der Waals surface area (Å²) in [5, 5.41) is 12.7. The molecule has 92 valence electrons. The molecule has 18 heavy (non-hydrogen) atoms. The van der Waals surface area contributed by atoms with E-state index in [0.717, 1.165) is 22.4 Å². The average molecular weight is 242 g/mol. The number of rotatable bonds is 4. The van der Waals surface area contributed by atoms with Crippen LogP contribution < -0.4 is 10.5 Å². The first-order valence-corrected chi connectivity index (χ1v) is 5.55. The van der Waals surface area contributed by atoms with E-state index in [1.54, 1.807) is 18.0 Å². The van der Waals surface area contributed by atoms with Crippen LogP contribution in [0.3, 0.4) is 0 Å². The van der Waals surface area contributed by atoms with Crippen LogP contribution in [0, 0.1) is 11.3 Å². The normalized spacial score (nSPS) is 10.1. The summed E-state index contributed by atoms with van der Waals surface area (Å²) in [6.45, 7) is 0.690. The van der Waals surface area contributed by atoms with Gasteiger partial charge in [-0.2, -0.15) is 10.4 Å². The van der Waals surface area contributed by atoms with E-state index in [0.29, 0.717) is 6.54 Å². The first-order valence-electron chi connectivity index (χ1n) is 5.55. The Bertz CT molecular complexity index is 583. The maximum absolute atomic E-state index is 8.61. The molecule has 2 aromatic rings. The van der Waals surface area contributed by atoms with Crippen molar-refractivity contribution in [3.63, 3.8) is 0 Å². The summed E-state index contributed by atoms with van der Waals surface area (Å²) >= 11 is 0. The smallest absolute Gasteiger partial charge is 0.128 e. The van der Waals surface area contributed by atoms with Crippen LogP contribution in [0.25, 0.3) is 11.1 Å². The zero-order chi connectivity index (χ0) is 13.0. The van der Waals surface area contributed by atoms with Crippen molar-refractivity contribution in [2.75, 3.05) is 7.11 Å². The van der Waals surface area contributed by atoms with Crippen LogP contribution in [0.5, 0.6) is 5.75 Å². The Morgan fingerprint density at radius 2 is 2.28 bits per heavy atom. The Morgan fingerprint density at radius 3 is 2.94 bits per heavy atom. The number of hydrogen-bond acceptors (Lipinski definition) is 4. The quantitative estimate of drug-likeness (QED) is 0.882. The highest BCUT2D eigenvalue weighted by Crippen LogP contribution is 2.26. The van der Waals surface area contributed by atoms with Crippen molar-refractivity contribution in [1.82, 2.24) is 9.78 Å². The lowest BCUT2D eigenvalue weighted by Crippen LogP contribution is -1.99. The molecule has 0 spiro atoms. The highest BCUT2D eigenvalue weighted by atomic mass is 16.5. The summed E-state index contributed by atoms with van der Waals surface area (Å²) in [5.74, 6) is 0.767. The zero-order valence-electron chi connectivity index (χ0n) is 10.1. The van der Waals surface area contributed by atoms with Crippen molar-refractivity contribution in [1.29, 1.82) is 5.26 Å². The topological polar surface area (TPSA) is 76.9 Å². The fourth-order valence-corrected chi connectivity index (χ4v) is 1.76. The van der Waals surface area contributed by atoms with Crippen LogP contribution in [0.15, 0.2) is 30.6 Å². The van der Waals surface area contributed by atoms with Gasteiger partial charge in [-0.15, -0.1) is 0 Å². The van der Waals surface area contributed by atoms with Crippen molar-refractivity contribution in [2.24, 2.45) is 5.73 Å². The van der Waals surface area contributed by atoms with Crippen LogP contribution in [0.1, 0.15) is 5.56 Å². The van der Waals surface area contributed by atoms with Crippen molar-refractivity contribution >= 4 is 0 Å². The number of nitrogens with two attached hydrogens (primary N) is 1. The Hall–Kier alpha value is -2.32. The molecule has 0 radical (unpaired) electrons. The fourth-order valence-electron chi connectivity index (χ4n) is 1.76. The monoisotopic (exact) mass is 242 g/mol. The summed E-state index contributed by atoms with van der Waals surface area (Å²) in [7, 11) is 1.62. The minimum Gasteiger partial charge on any atom is -0.496 e. The molecule has 0 bridgehead atoms. The SMILES string of the molecule is COc1cc(-c2cnn(CC#N)c2)ccc1CN. The number of nitriles is 1. The van der Waals surface area contributed by atoms with Crippen LogP contribution in [0.2, 0.25) is 0 Å². The van der Waals surface area contributed by atoms with E-state index in [1.165, 1.54) is 0 Å². The molecule has 1 heterocycles. The third-order valence-electron chi connectivity index (χ3n) is 2.71. The van der Waals surface area contributed by atoms with Gasteiger partial charge < -0.3 is 10.5 Å². The fraction of sp³-hybridized carbons (Fsp3) is 0.231. The first-order chi connectivity index (χ1) is 8.78. The summed E-state index contributed by atoms with van der Waals surface area (Å²) < 4.78 is 6.89. The van der Waals surface area contributed by atoms with E-state index in [4.69, 9.17) is 15.7 Å². The van der Waals surface area contributed by atoms with Gasteiger partial charge in [0.15, 0.2) is 0 Å². The molecule has 1 aromatic heterocycles. The molecule has 5 nitrogen and oxygen atoms in total. The van der Waals surface area contributed by atoms with Gasteiger partial charge in [-0.1, -0.05) is 12.1 Å². The molecule has 0 saturated heterocycles. The molecule has 0 fully saturated rings. The molecule has 0 amide bonds. The van der Waals surface area contributed by atoms with Crippen molar-refractivity contribution in [3.8, 4) is 22.9 Å². The molecular formula is C13H14N4O. The lowest BCUT2D eigenvalue weighted by Gasteiger charge is -2.08. The third-order valence-corrected chi connectivity index (χ3v) is 2.71. The standard InChI is InChI=1S/C13H14N4O/c1-18-13-6-10(2-3-11(13)7-15)12-8-16-17(9-12)5-4-14/h2-3,6,8-9H,5,7,15H2,1H3. The minimum atomic E-state index is 0.248. The lowest BCUT2D eigenvalue weighted by atomic mass is 10.1. The molecule has 0 aliphatic rings. The van der Waals surface area contributed by atoms with Crippen LogP contribution in [-0.4, -0.2) is 16.9 Å². The lowest BCUT2D eigenvalue weighted by molar-refractivity contribution is 0.410. The summed E-state index contributed by atoms with van der Waals surface area (Å²) in [6, 6.07) is 7.89. The summed E-state index contributed by atoms with van der Waals surface area (Å²) in [4.78, 5) is 0. The molecule has 2 rings (SSSR count). The summed E-state index contributed by atoms with van der Waals surface area (Å²) in [6.07, 6.45) is 3.56. The second-order valence-electron chi connectivity index (χ2n) is 3.82. The van der Waals surface area contributed by atoms with Crippen LogP contribution in [0.4, 0.5) is 0 Å². The average Bonchev–Trinajstić information content (AvgIpc) is 2.87. The molecule has 5 heteroatoms. The van der Waals surface area contributed by atoms with Gasteiger partial charge in [0.05, 0.1) is 19.4 Å². The van der Waals surface area contributed by atoms with E-state index in [2.05, 4.69) is 5.10 Å². The number of nitrogens with zero attached hydrogens (tertiary/aromatic N) is 3. The van der Waals surface area contributed by atoms with E-state index < -0.39 is 0 Å². The molecule has 0 atom stereocenters. The number of methoxy groups -OCH3 is 1. The second kappa shape index (κ2) is 5.34. The molecule has 0 saturated carbocycles. The third kappa shape index (κ3) is 2.34. The second-order valence-corrected chi connectivity index (χ2v) is 3.82. The van der Waals surface area contributed by atoms with Crippen molar-refractivity contribution < 1.29 is 4.74 Å². The van der Waals surface area contributed by atoms with Gasteiger partial charge in [-0.05, 0) is 11.6 Å². The number of benzene rings is 1. The molecule has 0 unspecified atom stereocenters. The Balaban J connectivity index is 2.35.